The first-order valence-corrected chi connectivity index (χ1v) is 3.91. The summed E-state index contributed by atoms with van der Waals surface area (Å²) in [5.41, 5.74) is 0. The molecule has 0 spiro atoms. The molecule has 0 aromatic rings. The Morgan fingerprint density at radius 3 is 2.27 bits per heavy atom. The summed E-state index contributed by atoms with van der Waals surface area (Å²) in [5.74, 6) is 0. The zero-order valence-electron chi connectivity index (χ0n) is 5.77. The molecule has 2 nitrogen and oxygen atoms in total. The van der Waals surface area contributed by atoms with Crippen LogP contribution in [0.25, 0.3) is 0 Å². The Morgan fingerprint density at radius 2 is 2.00 bits per heavy atom. The van der Waals surface area contributed by atoms with Crippen LogP contribution in [0.4, 0.5) is 0 Å². The third kappa shape index (κ3) is 4.47. The Kier molecular flexibility index (Phi) is 3.63. The monoisotopic (exact) mass is 213 g/mol. The molecule has 0 rings (SSSR count). The van der Waals surface area contributed by atoms with Crippen LogP contribution >= 0.6 is 34.8 Å². The van der Waals surface area contributed by atoms with Gasteiger partial charge in [-0.15, -0.1) is 11.6 Å². The van der Waals surface area contributed by atoms with Crippen LogP contribution in [0.1, 0.15) is 13.3 Å². The number of hydrogen-bond donors (Lipinski definition) is 0. The number of hydrogen-bond acceptors (Lipinski definition) is 2. The lowest BCUT2D eigenvalue weighted by molar-refractivity contribution is -0.109. The summed E-state index contributed by atoms with van der Waals surface area (Å²) in [4.78, 5) is 9.09. The summed E-state index contributed by atoms with van der Waals surface area (Å²) in [7, 11) is 0. The molecule has 0 aromatic heterocycles. The van der Waals surface area contributed by atoms with Gasteiger partial charge in [0.05, 0.1) is 0 Å². The zero-order chi connectivity index (χ0) is 9.12. The van der Waals surface area contributed by atoms with Gasteiger partial charge in [-0.05, 0) is 6.92 Å². The van der Waals surface area contributed by atoms with Crippen LogP contribution in [0.3, 0.4) is 0 Å². The number of carbonyl (C=O) groups is 1. The van der Waals surface area contributed by atoms with E-state index in [0.717, 1.165) is 0 Å². The molecule has 1 atom stereocenters. The fraction of sp³-hybridized carbons (Fsp3) is 0.667. The van der Waals surface area contributed by atoms with Crippen LogP contribution in [0.5, 0.6) is 0 Å². The van der Waals surface area contributed by atoms with Gasteiger partial charge >= 0.3 is 0 Å². The Balaban J connectivity index is 4.27. The first kappa shape index (κ1) is 11.0. The lowest BCUT2D eigenvalue weighted by Gasteiger charge is -2.18. The number of rotatable bonds is 3. The van der Waals surface area contributed by atoms with Crippen LogP contribution < -0.4 is 0 Å². The first-order valence-electron chi connectivity index (χ1n) is 2.77. The van der Waals surface area contributed by atoms with Crippen molar-refractivity contribution in [1.29, 1.82) is 5.26 Å². The highest BCUT2D eigenvalue weighted by Gasteiger charge is 2.34. The van der Waals surface area contributed by atoms with Crippen molar-refractivity contribution < 1.29 is 4.79 Å². The van der Waals surface area contributed by atoms with E-state index in [1.807, 2.05) is 0 Å². The van der Waals surface area contributed by atoms with Crippen molar-refractivity contribution in [2.45, 2.75) is 22.6 Å². The van der Waals surface area contributed by atoms with E-state index in [-0.39, 0.29) is 6.42 Å². The molecular formula is C6H6Cl3NO. The lowest BCUT2D eigenvalue weighted by Crippen LogP contribution is -2.27. The van der Waals surface area contributed by atoms with E-state index in [9.17, 15) is 4.79 Å². The molecule has 0 fully saturated rings. The van der Waals surface area contributed by atoms with Gasteiger partial charge in [0.25, 0.3) is 0 Å². The summed E-state index contributed by atoms with van der Waals surface area (Å²) >= 11 is 16.5. The van der Waals surface area contributed by atoms with Crippen LogP contribution in [-0.2, 0) is 4.79 Å². The number of halogens is 3. The lowest BCUT2D eigenvalue weighted by atomic mass is 10.1. The molecule has 0 N–H and O–H groups in total. The second kappa shape index (κ2) is 3.62. The molecular weight excluding hydrogens is 208 g/mol. The minimum atomic E-state index is -1.59. The van der Waals surface area contributed by atoms with Crippen LogP contribution in [-0.4, -0.2) is 15.5 Å². The highest BCUT2D eigenvalue weighted by Crippen LogP contribution is 2.32. The summed E-state index contributed by atoms with van der Waals surface area (Å²) in [6.45, 7) is 1.44. The van der Waals surface area contributed by atoms with Gasteiger partial charge < -0.3 is 4.79 Å². The molecule has 0 aliphatic rings. The Morgan fingerprint density at radius 1 is 1.55 bits per heavy atom. The van der Waals surface area contributed by atoms with E-state index in [4.69, 9.17) is 40.1 Å². The quantitative estimate of drug-likeness (QED) is 0.534. The molecule has 0 saturated heterocycles. The largest absolute Gasteiger partial charge is 0.301 e. The van der Waals surface area contributed by atoms with Crippen molar-refractivity contribution in [3.8, 4) is 6.07 Å². The fourth-order valence-electron chi connectivity index (χ4n) is 0.515. The van der Waals surface area contributed by atoms with Gasteiger partial charge in [-0.1, -0.05) is 23.2 Å². The molecule has 1 unspecified atom stereocenters. The molecule has 0 amide bonds. The fourth-order valence-corrected chi connectivity index (χ4v) is 1.41. The number of aldehydes is 1. The standard InChI is InChI=1S/C6H6Cl3NO/c1-5(7,4-11)2-6(8,9)3-10/h4H,2H2,1H3. The van der Waals surface area contributed by atoms with E-state index < -0.39 is 9.21 Å². The summed E-state index contributed by atoms with van der Waals surface area (Å²) < 4.78 is -1.59. The van der Waals surface area contributed by atoms with Gasteiger partial charge in [0.2, 0.25) is 4.33 Å². The minimum absolute atomic E-state index is 0.0926. The van der Waals surface area contributed by atoms with Crippen molar-refractivity contribution in [2.24, 2.45) is 0 Å². The molecule has 5 heteroatoms. The maximum absolute atomic E-state index is 10.3. The van der Waals surface area contributed by atoms with Crippen LogP contribution in [0, 0.1) is 11.3 Å². The number of carbonyl (C=O) groups excluding carboxylic acids is 1. The normalized spacial score (nSPS) is 16.6. The predicted molar refractivity (Wildman–Crippen MR) is 45.0 cm³/mol. The second-order valence-corrected chi connectivity index (χ2v) is 4.74. The van der Waals surface area contributed by atoms with Crippen molar-refractivity contribution in [3.63, 3.8) is 0 Å². The molecule has 0 heterocycles. The summed E-state index contributed by atoms with van der Waals surface area (Å²) in [5, 5.41) is 8.36. The third-order valence-electron chi connectivity index (χ3n) is 0.977. The van der Waals surface area contributed by atoms with Gasteiger partial charge in [0.15, 0.2) is 0 Å². The molecule has 0 aliphatic heterocycles. The molecule has 0 radical (unpaired) electrons. The predicted octanol–water partition coefficient (Wildman–Crippen LogP) is 2.27. The van der Waals surface area contributed by atoms with Gasteiger partial charge in [0.1, 0.15) is 17.2 Å². The molecule has 11 heavy (non-hydrogen) atoms. The molecule has 0 saturated carbocycles. The Labute approximate surface area is 80.0 Å². The molecule has 62 valence electrons. The smallest absolute Gasteiger partial charge is 0.205 e. The Hall–Kier alpha value is 0.0300. The van der Waals surface area contributed by atoms with Crippen molar-refractivity contribution in [3.05, 3.63) is 0 Å². The van der Waals surface area contributed by atoms with Crippen LogP contribution in [0.2, 0.25) is 0 Å². The average Bonchev–Trinajstić information content (AvgIpc) is 1.86. The number of nitriles is 1. The van der Waals surface area contributed by atoms with E-state index in [1.54, 1.807) is 6.07 Å². The number of nitrogens with zero attached hydrogens (tertiary/aromatic N) is 1. The molecule has 0 aromatic carbocycles. The maximum Gasteiger partial charge on any atom is 0.205 e. The van der Waals surface area contributed by atoms with E-state index in [2.05, 4.69) is 0 Å². The maximum atomic E-state index is 10.3. The van der Waals surface area contributed by atoms with Gasteiger partial charge in [-0.3, -0.25) is 0 Å². The first-order chi connectivity index (χ1) is 4.83. The molecule has 0 bridgehead atoms. The second-order valence-electron chi connectivity index (χ2n) is 2.39. The summed E-state index contributed by atoms with van der Waals surface area (Å²) in [6.07, 6.45) is 0.413. The topological polar surface area (TPSA) is 40.9 Å². The van der Waals surface area contributed by atoms with E-state index in [1.165, 1.54) is 6.92 Å². The third-order valence-corrected chi connectivity index (χ3v) is 1.64. The summed E-state index contributed by atoms with van der Waals surface area (Å²) in [6, 6.07) is 1.62. The van der Waals surface area contributed by atoms with Crippen molar-refractivity contribution >= 4 is 41.1 Å². The van der Waals surface area contributed by atoms with Crippen molar-refractivity contribution in [1.82, 2.24) is 0 Å². The highest BCUT2D eigenvalue weighted by atomic mass is 35.5. The zero-order valence-corrected chi connectivity index (χ0v) is 8.04. The number of alkyl halides is 3. The Bertz CT molecular complexity index is 194. The van der Waals surface area contributed by atoms with Crippen molar-refractivity contribution in [2.75, 3.05) is 0 Å². The van der Waals surface area contributed by atoms with Gasteiger partial charge in [-0.25, -0.2) is 0 Å². The van der Waals surface area contributed by atoms with Gasteiger partial charge in [0, 0.05) is 6.42 Å². The molecule has 0 aliphatic carbocycles. The van der Waals surface area contributed by atoms with E-state index in [0.29, 0.717) is 6.29 Å². The van der Waals surface area contributed by atoms with E-state index >= 15 is 0 Å². The van der Waals surface area contributed by atoms with Crippen LogP contribution in [0.15, 0.2) is 0 Å². The van der Waals surface area contributed by atoms with Gasteiger partial charge in [-0.2, -0.15) is 5.26 Å². The SMILES string of the molecule is CC(Cl)(C=O)CC(Cl)(Cl)C#N. The average molecular weight is 214 g/mol. The highest BCUT2D eigenvalue weighted by molar-refractivity contribution is 6.51. The minimum Gasteiger partial charge on any atom is -0.301 e.